The van der Waals surface area contributed by atoms with Crippen molar-refractivity contribution < 1.29 is 9.13 Å². The number of hydrogen-bond donors (Lipinski definition) is 1. The van der Waals surface area contributed by atoms with E-state index in [9.17, 15) is 4.39 Å². The summed E-state index contributed by atoms with van der Waals surface area (Å²) in [7, 11) is 3.36. The van der Waals surface area contributed by atoms with Gasteiger partial charge >= 0.3 is 0 Å². The van der Waals surface area contributed by atoms with Crippen LogP contribution in [0.2, 0.25) is 0 Å². The molecule has 1 aromatic carbocycles. The Hall–Kier alpha value is -1.39. The monoisotopic (exact) mass is 279 g/mol. The molecule has 4 heteroatoms. The summed E-state index contributed by atoms with van der Waals surface area (Å²) in [4.78, 5) is 2.52. The van der Waals surface area contributed by atoms with Crippen molar-refractivity contribution in [2.24, 2.45) is 0 Å². The number of halogens is 1. The molecule has 19 heavy (non-hydrogen) atoms. The number of rotatable bonds is 4. The fraction of sp³-hybridized carbons (Fsp3) is 0.333. The van der Waals surface area contributed by atoms with Gasteiger partial charge in [0.2, 0.25) is 0 Å². The van der Waals surface area contributed by atoms with Gasteiger partial charge in [-0.25, -0.2) is 4.39 Å². The van der Waals surface area contributed by atoms with Gasteiger partial charge in [0.1, 0.15) is 0 Å². The average Bonchev–Trinajstić information content (AvgIpc) is 2.70. The Morgan fingerprint density at radius 2 is 2.00 bits per heavy atom. The molecule has 0 bridgehead atoms. The Morgan fingerprint density at radius 1 is 1.26 bits per heavy atom. The molecule has 0 aliphatic rings. The lowest BCUT2D eigenvalue weighted by atomic mass is 9.99. The van der Waals surface area contributed by atoms with E-state index >= 15 is 0 Å². The van der Waals surface area contributed by atoms with Crippen LogP contribution in [0.4, 0.5) is 4.39 Å². The van der Waals surface area contributed by atoms with Crippen LogP contribution in [0.5, 0.6) is 5.75 Å². The summed E-state index contributed by atoms with van der Waals surface area (Å²) in [5.41, 5.74) is 2.11. The number of hydrogen-bond acceptors (Lipinski definition) is 3. The molecule has 0 amide bonds. The first kappa shape index (κ1) is 14.0. The van der Waals surface area contributed by atoms with Crippen LogP contribution in [0, 0.1) is 19.7 Å². The number of thiophene rings is 1. The van der Waals surface area contributed by atoms with Crippen molar-refractivity contribution in [1.29, 1.82) is 0 Å². The molecule has 0 radical (unpaired) electrons. The van der Waals surface area contributed by atoms with E-state index in [2.05, 4.69) is 25.2 Å². The number of benzene rings is 1. The van der Waals surface area contributed by atoms with Gasteiger partial charge in [-0.2, -0.15) is 0 Å². The molecular formula is C15H18FNOS. The van der Waals surface area contributed by atoms with Crippen LogP contribution < -0.4 is 10.1 Å². The lowest BCUT2D eigenvalue weighted by Gasteiger charge is -2.17. The Kier molecular flexibility index (Phi) is 4.22. The van der Waals surface area contributed by atoms with Crippen LogP contribution in [-0.4, -0.2) is 14.2 Å². The van der Waals surface area contributed by atoms with E-state index in [0.717, 1.165) is 5.56 Å². The van der Waals surface area contributed by atoms with Crippen LogP contribution in [-0.2, 0) is 0 Å². The first-order valence-corrected chi connectivity index (χ1v) is 6.96. The van der Waals surface area contributed by atoms with E-state index in [0.29, 0.717) is 0 Å². The third kappa shape index (κ3) is 2.80. The maximum absolute atomic E-state index is 13.8. The summed E-state index contributed by atoms with van der Waals surface area (Å²) in [6.45, 7) is 4.18. The molecule has 2 nitrogen and oxygen atoms in total. The fourth-order valence-corrected chi connectivity index (χ4v) is 3.26. The average molecular weight is 279 g/mol. The predicted molar refractivity (Wildman–Crippen MR) is 77.6 cm³/mol. The molecule has 0 aliphatic carbocycles. The van der Waals surface area contributed by atoms with E-state index in [4.69, 9.17) is 4.74 Å². The third-order valence-electron chi connectivity index (χ3n) is 3.19. The molecule has 1 aromatic heterocycles. The Labute approximate surface area is 117 Å². The number of ether oxygens (including phenoxy) is 1. The van der Waals surface area contributed by atoms with Gasteiger partial charge in [-0.05, 0) is 50.2 Å². The zero-order valence-electron chi connectivity index (χ0n) is 11.6. The second-order valence-electron chi connectivity index (χ2n) is 4.48. The molecule has 102 valence electrons. The van der Waals surface area contributed by atoms with Crippen LogP contribution in [0.1, 0.15) is 26.9 Å². The highest BCUT2D eigenvalue weighted by Crippen LogP contribution is 2.32. The third-order valence-corrected chi connectivity index (χ3v) is 4.17. The minimum absolute atomic E-state index is 0.00496. The van der Waals surface area contributed by atoms with E-state index in [1.165, 1.54) is 28.5 Å². The van der Waals surface area contributed by atoms with E-state index in [-0.39, 0.29) is 17.6 Å². The number of methoxy groups -OCH3 is 1. The second-order valence-corrected chi connectivity index (χ2v) is 5.94. The van der Waals surface area contributed by atoms with Gasteiger partial charge in [0.25, 0.3) is 0 Å². The standard InChI is InChI=1S/C15H18FNOS/c1-9-7-12(10(2)19-9)15(17-3)11-5-6-14(18-4)13(16)8-11/h5-8,15,17H,1-4H3. The highest BCUT2D eigenvalue weighted by molar-refractivity contribution is 7.12. The lowest BCUT2D eigenvalue weighted by Crippen LogP contribution is -2.18. The Morgan fingerprint density at radius 3 is 2.47 bits per heavy atom. The van der Waals surface area contributed by atoms with Crippen LogP contribution in [0.15, 0.2) is 24.3 Å². The van der Waals surface area contributed by atoms with E-state index < -0.39 is 0 Å². The highest BCUT2D eigenvalue weighted by Gasteiger charge is 2.17. The van der Waals surface area contributed by atoms with Crippen LogP contribution in [0.25, 0.3) is 0 Å². The largest absolute Gasteiger partial charge is 0.494 e. The number of nitrogens with one attached hydrogen (secondary N) is 1. The minimum atomic E-state index is -0.329. The molecule has 0 saturated carbocycles. The molecule has 0 saturated heterocycles. The van der Waals surface area contributed by atoms with Crippen LogP contribution >= 0.6 is 11.3 Å². The molecule has 2 rings (SSSR count). The van der Waals surface area contributed by atoms with Crippen LogP contribution in [0.3, 0.4) is 0 Å². The van der Waals surface area contributed by atoms with Gasteiger partial charge in [-0.15, -0.1) is 11.3 Å². The Balaban J connectivity index is 2.42. The summed E-state index contributed by atoms with van der Waals surface area (Å²) in [5, 5.41) is 3.25. The maximum Gasteiger partial charge on any atom is 0.165 e. The quantitative estimate of drug-likeness (QED) is 0.918. The van der Waals surface area contributed by atoms with Crippen molar-refractivity contribution in [2.75, 3.05) is 14.2 Å². The van der Waals surface area contributed by atoms with Crippen molar-refractivity contribution >= 4 is 11.3 Å². The zero-order chi connectivity index (χ0) is 14.0. The molecular weight excluding hydrogens is 261 g/mol. The topological polar surface area (TPSA) is 21.3 Å². The minimum Gasteiger partial charge on any atom is -0.494 e. The SMILES string of the molecule is CNC(c1ccc(OC)c(F)c1)c1cc(C)sc1C. The van der Waals surface area contributed by atoms with E-state index in [1.54, 1.807) is 17.4 Å². The molecule has 1 atom stereocenters. The van der Waals surface area contributed by atoms with Crippen molar-refractivity contribution in [3.63, 3.8) is 0 Å². The summed E-state index contributed by atoms with van der Waals surface area (Å²) >= 11 is 1.76. The first-order chi connectivity index (χ1) is 9.06. The van der Waals surface area contributed by atoms with E-state index in [1.807, 2.05) is 13.1 Å². The van der Waals surface area contributed by atoms with Gasteiger partial charge in [-0.3, -0.25) is 0 Å². The molecule has 1 N–H and O–H groups in total. The van der Waals surface area contributed by atoms with Crippen molar-refractivity contribution in [3.05, 3.63) is 51.0 Å². The van der Waals surface area contributed by atoms with Crippen molar-refractivity contribution in [3.8, 4) is 5.75 Å². The molecule has 0 aliphatic heterocycles. The maximum atomic E-state index is 13.8. The predicted octanol–water partition coefficient (Wildman–Crippen LogP) is 3.82. The summed E-state index contributed by atoms with van der Waals surface area (Å²) < 4.78 is 18.8. The lowest BCUT2D eigenvalue weighted by molar-refractivity contribution is 0.386. The summed E-state index contributed by atoms with van der Waals surface area (Å²) in [6, 6.07) is 7.26. The number of aryl methyl sites for hydroxylation is 2. The van der Waals surface area contributed by atoms with Gasteiger partial charge in [0.05, 0.1) is 13.2 Å². The van der Waals surface area contributed by atoms with Gasteiger partial charge < -0.3 is 10.1 Å². The second kappa shape index (κ2) is 5.72. The van der Waals surface area contributed by atoms with Gasteiger partial charge in [0.15, 0.2) is 11.6 Å². The normalized spacial score (nSPS) is 12.5. The van der Waals surface area contributed by atoms with Crippen molar-refractivity contribution in [2.45, 2.75) is 19.9 Å². The van der Waals surface area contributed by atoms with Gasteiger partial charge in [-0.1, -0.05) is 6.07 Å². The molecule has 1 unspecified atom stereocenters. The highest BCUT2D eigenvalue weighted by atomic mass is 32.1. The zero-order valence-corrected chi connectivity index (χ0v) is 12.4. The first-order valence-electron chi connectivity index (χ1n) is 6.14. The molecule has 1 heterocycles. The Bertz CT molecular complexity index is 580. The molecule has 0 spiro atoms. The van der Waals surface area contributed by atoms with Crippen molar-refractivity contribution in [1.82, 2.24) is 5.32 Å². The summed E-state index contributed by atoms with van der Waals surface area (Å²) in [5.74, 6) is -0.0540. The smallest absolute Gasteiger partial charge is 0.165 e. The van der Waals surface area contributed by atoms with Gasteiger partial charge in [0, 0.05) is 9.75 Å². The molecule has 2 aromatic rings. The molecule has 0 fully saturated rings. The summed E-state index contributed by atoms with van der Waals surface area (Å²) in [6.07, 6.45) is 0. The fourth-order valence-electron chi connectivity index (χ4n) is 2.30.